The Morgan fingerprint density at radius 2 is 0.560 bits per heavy atom. The van der Waals surface area contributed by atoms with Gasteiger partial charge in [0.05, 0.1) is 22.1 Å². The van der Waals surface area contributed by atoms with E-state index in [-0.39, 0.29) is 0 Å². The van der Waals surface area contributed by atoms with Crippen LogP contribution in [0.4, 0.5) is 34.1 Å². The van der Waals surface area contributed by atoms with Gasteiger partial charge in [-0.3, -0.25) is 0 Å². The summed E-state index contributed by atoms with van der Waals surface area (Å²) < 4.78 is 22.8. The topological polar surface area (TPSA) is 42.6 Å². The second-order valence-corrected chi connectivity index (χ2v) is 32.4. The smallest absolute Gasteiger partial charge is 0.137 e. The number of aromatic nitrogens is 2. The summed E-state index contributed by atoms with van der Waals surface area (Å²) in [4.78, 5) is 4.72. The van der Waals surface area contributed by atoms with Crippen LogP contribution in [0.25, 0.3) is 194 Å². The molecule has 0 saturated heterocycles. The minimum Gasteiger partial charge on any atom is -0.456 e. The standard InChI is InChI=1S/C56H34N2O2.C52H32N2S2/c1-2-11-38-31-41(24-19-35(38)9-1)57(42-25-27-47-45-13-5-7-15-52(45)59-54(47)33-42)40-22-17-36(18-23-40)39-21-29-50-49(32-39)56-44-12-4-3-10-37(44)20-30-51(56)58(50)43-26-28-48-46-14-6-8-16-53(46)60-55(48)34-43;1-2-10-35-29-38(23-19-33(35)9-1)53(39-24-26-44-42-12-4-7-15-49(42)55-51(44)31-39)37-21-17-34(18-22-37)36-20-28-48-46(30-36)41-11-3-6-14-47(41)54(48)40-25-27-45-43-13-5-8-16-50(43)56-52(45)32-40/h1-34H;1-32H. The van der Waals surface area contributed by atoms with Crippen molar-refractivity contribution in [3.8, 4) is 33.6 Å². The van der Waals surface area contributed by atoms with Gasteiger partial charge in [0.2, 0.25) is 0 Å². The zero-order valence-electron chi connectivity index (χ0n) is 62.5. The van der Waals surface area contributed by atoms with Crippen LogP contribution in [0.5, 0.6) is 0 Å². The molecule has 8 heteroatoms. The Balaban J connectivity index is 0.000000134. The van der Waals surface area contributed by atoms with Crippen LogP contribution in [0.2, 0.25) is 0 Å². The fraction of sp³-hybridized carbons (Fsp3) is 0. The Kier molecular flexibility index (Phi) is 15.0. The SMILES string of the molecule is c1ccc2cc(N(c3ccc(-c4ccc5c(c4)c4c6ccccc6ccc4n5-c4ccc5c(c4)oc4ccccc45)cc3)c3ccc4c(c3)oc3ccccc34)ccc2c1.c1ccc2cc(N(c3ccc(-c4ccc5c(c4)c4ccccc4n5-c4ccc5c(c4)sc4ccccc45)cc3)c3ccc4c(c3)sc3ccccc34)ccc2c1. The summed E-state index contributed by atoms with van der Waals surface area (Å²) in [5, 5.41) is 22.1. The average molecular weight is 1520 g/mol. The van der Waals surface area contributed by atoms with Gasteiger partial charge in [-0.1, -0.05) is 231 Å². The average Bonchev–Trinajstić information content (AvgIpc) is 1.55. The van der Waals surface area contributed by atoms with E-state index in [9.17, 15) is 0 Å². The van der Waals surface area contributed by atoms with Crippen molar-refractivity contribution in [1.29, 1.82) is 0 Å². The van der Waals surface area contributed by atoms with Crippen LogP contribution >= 0.6 is 22.7 Å². The van der Waals surface area contributed by atoms with E-state index in [0.29, 0.717) is 0 Å². The number of hydrogen-bond acceptors (Lipinski definition) is 6. The molecule has 19 aromatic carbocycles. The Bertz CT molecular complexity index is 8320. The quantitative estimate of drug-likeness (QED) is 0.137. The van der Waals surface area contributed by atoms with E-state index in [1.807, 2.05) is 46.9 Å². The highest BCUT2D eigenvalue weighted by Crippen LogP contribution is 2.47. The molecule has 0 bridgehead atoms. The van der Waals surface area contributed by atoms with E-state index >= 15 is 0 Å². The number of anilines is 6. The van der Waals surface area contributed by atoms with Gasteiger partial charge < -0.3 is 27.8 Å². The Hall–Kier alpha value is -14.8. The van der Waals surface area contributed by atoms with E-state index in [1.54, 1.807) is 0 Å². The van der Waals surface area contributed by atoms with Crippen molar-refractivity contribution in [1.82, 2.24) is 9.13 Å². The van der Waals surface area contributed by atoms with Gasteiger partial charge in [0.1, 0.15) is 22.3 Å². The summed E-state index contributed by atoms with van der Waals surface area (Å²) in [6.45, 7) is 0. The summed E-state index contributed by atoms with van der Waals surface area (Å²) in [6.07, 6.45) is 0. The molecule has 6 nitrogen and oxygen atoms in total. The molecule has 25 aromatic rings. The third-order valence-electron chi connectivity index (χ3n) is 23.7. The van der Waals surface area contributed by atoms with E-state index in [2.05, 4.69) is 395 Å². The maximum absolute atomic E-state index is 6.38. The molecule has 0 amide bonds. The molecule has 0 radical (unpaired) electrons. The number of nitrogens with zero attached hydrogens (tertiary/aromatic N) is 4. The summed E-state index contributed by atoms with van der Waals surface area (Å²) in [5.41, 5.74) is 21.9. The molecule has 542 valence electrons. The maximum Gasteiger partial charge on any atom is 0.137 e. The number of furan rings is 2. The van der Waals surface area contributed by atoms with Crippen LogP contribution in [-0.2, 0) is 0 Å². The Morgan fingerprint density at radius 1 is 0.190 bits per heavy atom. The van der Waals surface area contributed by atoms with E-state index in [4.69, 9.17) is 8.83 Å². The second-order valence-electron chi connectivity index (χ2n) is 30.3. The van der Waals surface area contributed by atoms with Crippen LogP contribution in [0, 0.1) is 0 Å². The molecule has 6 heterocycles. The van der Waals surface area contributed by atoms with Crippen molar-refractivity contribution in [2.75, 3.05) is 9.80 Å². The molecule has 0 aliphatic rings. The minimum absolute atomic E-state index is 0.869. The molecule has 0 aliphatic carbocycles. The normalized spacial score (nSPS) is 12.0. The fourth-order valence-corrected chi connectivity index (χ4v) is 20.5. The van der Waals surface area contributed by atoms with Gasteiger partial charge in [0.25, 0.3) is 0 Å². The molecule has 0 aliphatic heterocycles. The van der Waals surface area contributed by atoms with Gasteiger partial charge >= 0.3 is 0 Å². The first-order chi connectivity index (χ1) is 57.4. The van der Waals surface area contributed by atoms with Gasteiger partial charge in [-0.2, -0.15) is 0 Å². The highest BCUT2D eigenvalue weighted by molar-refractivity contribution is 7.26. The van der Waals surface area contributed by atoms with Crippen molar-refractivity contribution in [3.05, 3.63) is 400 Å². The fourth-order valence-electron chi connectivity index (χ4n) is 18.2. The Labute approximate surface area is 673 Å². The van der Waals surface area contributed by atoms with Gasteiger partial charge in [-0.05, 0) is 212 Å². The Morgan fingerprint density at radius 3 is 1.17 bits per heavy atom. The lowest BCUT2D eigenvalue weighted by molar-refractivity contribution is 0.668. The monoisotopic (exact) mass is 1510 g/mol. The molecular weight excluding hydrogens is 1450 g/mol. The van der Waals surface area contributed by atoms with Gasteiger partial charge in [0, 0.05) is 141 Å². The molecule has 0 atom stereocenters. The van der Waals surface area contributed by atoms with Crippen molar-refractivity contribution >= 4 is 217 Å². The summed E-state index contributed by atoms with van der Waals surface area (Å²) in [7, 11) is 0. The molecule has 0 saturated carbocycles. The summed E-state index contributed by atoms with van der Waals surface area (Å²) in [6, 6.07) is 145. The van der Waals surface area contributed by atoms with E-state index in [0.717, 1.165) is 100 Å². The van der Waals surface area contributed by atoms with Crippen molar-refractivity contribution in [2.24, 2.45) is 0 Å². The van der Waals surface area contributed by atoms with Crippen LogP contribution in [0.3, 0.4) is 0 Å². The molecular formula is C108H66N4O2S2. The molecule has 6 aromatic heterocycles. The highest BCUT2D eigenvalue weighted by Gasteiger charge is 2.23. The maximum atomic E-state index is 6.38. The number of para-hydroxylation sites is 3. The predicted molar refractivity (Wildman–Crippen MR) is 495 cm³/mol. The molecule has 0 spiro atoms. The number of thiophene rings is 2. The first-order valence-electron chi connectivity index (χ1n) is 39.4. The first kappa shape index (κ1) is 65.9. The van der Waals surface area contributed by atoms with Gasteiger partial charge in [0.15, 0.2) is 0 Å². The van der Waals surface area contributed by atoms with E-state index in [1.165, 1.54) is 128 Å². The van der Waals surface area contributed by atoms with Crippen molar-refractivity contribution in [2.45, 2.75) is 0 Å². The third kappa shape index (κ3) is 10.8. The van der Waals surface area contributed by atoms with Crippen LogP contribution in [0.1, 0.15) is 0 Å². The third-order valence-corrected chi connectivity index (χ3v) is 26.0. The molecule has 0 N–H and O–H groups in total. The van der Waals surface area contributed by atoms with Crippen molar-refractivity contribution in [3.63, 3.8) is 0 Å². The zero-order valence-corrected chi connectivity index (χ0v) is 64.2. The van der Waals surface area contributed by atoms with Crippen LogP contribution < -0.4 is 9.80 Å². The minimum atomic E-state index is 0.869. The highest BCUT2D eigenvalue weighted by atomic mass is 32.1. The largest absolute Gasteiger partial charge is 0.456 e. The van der Waals surface area contributed by atoms with Crippen LogP contribution in [0.15, 0.2) is 409 Å². The summed E-state index contributed by atoms with van der Waals surface area (Å²) >= 11 is 3.73. The molecule has 0 fully saturated rings. The number of hydrogen-bond donors (Lipinski definition) is 0. The number of benzene rings is 19. The number of rotatable bonds is 10. The van der Waals surface area contributed by atoms with Crippen LogP contribution in [-0.4, -0.2) is 9.13 Å². The second kappa shape index (κ2) is 26.4. The zero-order chi connectivity index (χ0) is 76.1. The first-order valence-corrected chi connectivity index (χ1v) is 41.0. The lowest BCUT2D eigenvalue weighted by Crippen LogP contribution is -2.09. The van der Waals surface area contributed by atoms with Crippen molar-refractivity contribution < 1.29 is 8.83 Å². The lowest BCUT2D eigenvalue weighted by Gasteiger charge is -2.26. The molecule has 0 unspecified atom stereocenters. The predicted octanol–water partition coefficient (Wildman–Crippen LogP) is 31.8. The van der Waals surface area contributed by atoms with Gasteiger partial charge in [-0.15, -0.1) is 22.7 Å². The molecule has 25 rings (SSSR count). The van der Waals surface area contributed by atoms with Gasteiger partial charge in [-0.25, -0.2) is 0 Å². The summed E-state index contributed by atoms with van der Waals surface area (Å²) in [5.74, 6) is 0. The number of fused-ring (bicyclic) bond motifs is 22. The molecule has 116 heavy (non-hydrogen) atoms. The van der Waals surface area contributed by atoms with E-state index < -0.39 is 0 Å². The lowest BCUT2D eigenvalue weighted by atomic mass is 9.99.